The van der Waals surface area contributed by atoms with Crippen LogP contribution in [0.4, 0.5) is 0 Å². The summed E-state index contributed by atoms with van der Waals surface area (Å²) in [6.07, 6.45) is 2.42. The van der Waals surface area contributed by atoms with Crippen LogP contribution < -0.4 is 15.2 Å². The number of nitrogens with zero attached hydrogens (tertiary/aromatic N) is 1. The Morgan fingerprint density at radius 1 is 1.29 bits per heavy atom. The molecule has 2 aliphatic rings. The normalized spacial score (nSPS) is 25.8. The van der Waals surface area contributed by atoms with Crippen LogP contribution in [0.3, 0.4) is 0 Å². The van der Waals surface area contributed by atoms with E-state index in [0.717, 1.165) is 37.4 Å². The molecule has 2 atom stereocenters. The fourth-order valence-corrected chi connectivity index (χ4v) is 3.15. The molecule has 1 aromatic carbocycles. The molecule has 3 rings (SSSR count). The Kier molecular flexibility index (Phi) is 4.63. The van der Waals surface area contributed by atoms with Crippen molar-refractivity contribution >= 4 is 0 Å². The third kappa shape index (κ3) is 3.31. The average molecular weight is 292 g/mol. The number of hydrogen-bond acceptors (Lipinski definition) is 5. The first-order valence-electron chi connectivity index (χ1n) is 7.65. The molecule has 2 aliphatic heterocycles. The molecule has 2 N–H and O–H groups in total. The maximum Gasteiger partial charge on any atom is 0.161 e. The Morgan fingerprint density at radius 3 is 2.86 bits per heavy atom. The second-order valence-corrected chi connectivity index (χ2v) is 5.72. The number of likely N-dealkylation sites (tertiary alicyclic amines) is 1. The molecule has 0 radical (unpaired) electrons. The van der Waals surface area contributed by atoms with E-state index in [-0.39, 0.29) is 0 Å². The fraction of sp³-hybridized carbons (Fsp3) is 0.625. The van der Waals surface area contributed by atoms with Crippen molar-refractivity contribution in [2.24, 2.45) is 5.73 Å². The van der Waals surface area contributed by atoms with E-state index in [1.54, 1.807) is 7.11 Å². The Hall–Kier alpha value is -1.30. The number of piperidine rings is 1. The van der Waals surface area contributed by atoms with Crippen LogP contribution in [-0.4, -0.2) is 50.5 Å². The third-order valence-corrected chi connectivity index (χ3v) is 4.39. The quantitative estimate of drug-likeness (QED) is 0.909. The summed E-state index contributed by atoms with van der Waals surface area (Å²) in [5.41, 5.74) is 7.18. The van der Waals surface area contributed by atoms with Gasteiger partial charge in [-0.2, -0.15) is 0 Å². The average Bonchev–Trinajstić information content (AvgIpc) is 2.55. The standard InChI is InChI=1S/C16H24N2O3/c1-19-14-4-5-18(13(9-14)10-17)11-12-2-3-15-16(8-12)21-7-6-20-15/h2-3,8,13-14H,4-7,9-11,17H2,1H3. The monoisotopic (exact) mass is 292 g/mol. The molecule has 116 valence electrons. The Morgan fingerprint density at radius 2 is 2.10 bits per heavy atom. The van der Waals surface area contributed by atoms with Crippen molar-refractivity contribution in [1.29, 1.82) is 0 Å². The lowest BCUT2D eigenvalue weighted by atomic mass is 9.98. The lowest BCUT2D eigenvalue weighted by Gasteiger charge is -2.38. The summed E-state index contributed by atoms with van der Waals surface area (Å²) in [5.74, 6) is 1.70. The number of methoxy groups -OCH3 is 1. The van der Waals surface area contributed by atoms with Crippen molar-refractivity contribution in [3.8, 4) is 11.5 Å². The molecule has 5 nitrogen and oxygen atoms in total. The molecule has 0 aliphatic carbocycles. The summed E-state index contributed by atoms with van der Waals surface area (Å²) in [6, 6.07) is 6.59. The van der Waals surface area contributed by atoms with Gasteiger partial charge >= 0.3 is 0 Å². The van der Waals surface area contributed by atoms with Crippen LogP contribution >= 0.6 is 0 Å². The van der Waals surface area contributed by atoms with Gasteiger partial charge < -0.3 is 19.9 Å². The second-order valence-electron chi connectivity index (χ2n) is 5.72. The molecule has 0 aromatic heterocycles. The first-order valence-corrected chi connectivity index (χ1v) is 7.65. The minimum Gasteiger partial charge on any atom is -0.486 e. The van der Waals surface area contributed by atoms with E-state index in [9.17, 15) is 0 Å². The van der Waals surface area contributed by atoms with E-state index in [1.165, 1.54) is 5.56 Å². The van der Waals surface area contributed by atoms with Crippen molar-refractivity contribution < 1.29 is 14.2 Å². The zero-order valence-corrected chi connectivity index (χ0v) is 12.6. The highest BCUT2D eigenvalue weighted by Crippen LogP contribution is 2.31. The van der Waals surface area contributed by atoms with Crippen molar-refractivity contribution in [3.05, 3.63) is 23.8 Å². The van der Waals surface area contributed by atoms with Gasteiger partial charge in [0.05, 0.1) is 6.10 Å². The van der Waals surface area contributed by atoms with Crippen LogP contribution in [0, 0.1) is 0 Å². The Bertz CT molecular complexity index is 481. The van der Waals surface area contributed by atoms with Gasteiger partial charge in [0, 0.05) is 32.8 Å². The number of hydrogen-bond donors (Lipinski definition) is 1. The van der Waals surface area contributed by atoms with E-state index in [2.05, 4.69) is 17.0 Å². The van der Waals surface area contributed by atoms with Gasteiger partial charge in [0.25, 0.3) is 0 Å². The van der Waals surface area contributed by atoms with Gasteiger partial charge in [0.2, 0.25) is 0 Å². The molecule has 21 heavy (non-hydrogen) atoms. The van der Waals surface area contributed by atoms with Crippen LogP contribution in [-0.2, 0) is 11.3 Å². The zero-order valence-electron chi connectivity index (χ0n) is 12.6. The SMILES string of the molecule is COC1CCN(Cc2ccc3c(c2)OCCO3)C(CN)C1. The van der Waals surface area contributed by atoms with Crippen molar-refractivity contribution in [2.75, 3.05) is 33.4 Å². The van der Waals surface area contributed by atoms with E-state index < -0.39 is 0 Å². The first kappa shape index (κ1) is 14.6. The van der Waals surface area contributed by atoms with E-state index in [0.29, 0.717) is 31.9 Å². The number of ether oxygens (including phenoxy) is 3. The second kappa shape index (κ2) is 6.64. The highest BCUT2D eigenvalue weighted by atomic mass is 16.6. The predicted octanol–water partition coefficient (Wildman–Crippen LogP) is 1.40. The van der Waals surface area contributed by atoms with Gasteiger partial charge in [0.1, 0.15) is 13.2 Å². The van der Waals surface area contributed by atoms with E-state index >= 15 is 0 Å². The van der Waals surface area contributed by atoms with Gasteiger partial charge in [-0.25, -0.2) is 0 Å². The molecule has 2 heterocycles. The number of fused-ring (bicyclic) bond motifs is 1. The summed E-state index contributed by atoms with van der Waals surface area (Å²) < 4.78 is 16.7. The summed E-state index contributed by atoms with van der Waals surface area (Å²) in [6.45, 7) is 3.85. The van der Waals surface area contributed by atoms with Crippen LogP contribution in [0.15, 0.2) is 18.2 Å². The van der Waals surface area contributed by atoms with E-state index in [4.69, 9.17) is 19.9 Å². The minimum absolute atomic E-state index is 0.343. The molecular formula is C16H24N2O3. The number of nitrogens with two attached hydrogens (primary N) is 1. The Labute approximate surface area is 126 Å². The van der Waals surface area contributed by atoms with Crippen molar-refractivity contribution in [1.82, 2.24) is 4.90 Å². The first-order chi connectivity index (χ1) is 10.3. The van der Waals surface area contributed by atoms with Gasteiger partial charge in [0.15, 0.2) is 11.5 Å². The molecule has 1 fully saturated rings. The van der Waals surface area contributed by atoms with Crippen LogP contribution in [0.1, 0.15) is 18.4 Å². The third-order valence-electron chi connectivity index (χ3n) is 4.39. The van der Waals surface area contributed by atoms with Gasteiger partial charge in [-0.05, 0) is 30.5 Å². The summed E-state index contributed by atoms with van der Waals surface area (Å²) in [4.78, 5) is 2.45. The molecule has 2 unspecified atom stereocenters. The highest BCUT2D eigenvalue weighted by Gasteiger charge is 2.27. The van der Waals surface area contributed by atoms with Crippen molar-refractivity contribution in [2.45, 2.75) is 31.5 Å². The molecule has 0 bridgehead atoms. The molecule has 5 heteroatoms. The Balaban J connectivity index is 1.68. The molecule has 1 aromatic rings. The fourth-order valence-electron chi connectivity index (χ4n) is 3.15. The van der Waals surface area contributed by atoms with E-state index in [1.807, 2.05) is 6.07 Å². The topological polar surface area (TPSA) is 57.0 Å². The van der Waals surface area contributed by atoms with Crippen LogP contribution in [0.5, 0.6) is 11.5 Å². The van der Waals surface area contributed by atoms with Crippen molar-refractivity contribution in [3.63, 3.8) is 0 Å². The molecular weight excluding hydrogens is 268 g/mol. The molecule has 0 amide bonds. The van der Waals surface area contributed by atoms with Gasteiger partial charge in [-0.1, -0.05) is 6.07 Å². The molecule has 1 saturated heterocycles. The summed E-state index contributed by atoms with van der Waals surface area (Å²) in [5, 5.41) is 0. The van der Waals surface area contributed by atoms with Gasteiger partial charge in [-0.15, -0.1) is 0 Å². The molecule has 0 saturated carbocycles. The number of rotatable bonds is 4. The summed E-state index contributed by atoms with van der Waals surface area (Å²) >= 11 is 0. The number of benzene rings is 1. The zero-order chi connectivity index (χ0) is 14.7. The summed E-state index contributed by atoms with van der Waals surface area (Å²) in [7, 11) is 1.79. The smallest absolute Gasteiger partial charge is 0.161 e. The predicted molar refractivity (Wildman–Crippen MR) is 80.7 cm³/mol. The van der Waals surface area contributed by atoms with Gasteiger partial charge in [-0.3, -0.25) is 4.90 Å². The minimum atomic E-state index is 0.343. The lowest BCUT2D eigenvalue weighted by molar-refractivity contribution is 0.0102. The maximum absolute atomic E-state index is 5.93. The van der Waals surface area contributed by atoms with Crippen LogP contribution in [0.2, 0.25) is 0 Å². The largest absolute Gasteiger partial charge is 0.486 e. The molecule has 0 spiro atoms. The maximum atomic E-state index is 5.93. The highest BCUT2D eigenvalue weighted by molar-refractivity contribution is 5.43. The van der Waals surface area contributed by atoms with Crippen LogP contribution in [0.25, 0.3) is 0 Å². The lowest BCUT2D eigenvalue weighted by Crippen LogP contribution is -2.47.